The molecule has 33 heavy (non-hydrogen) atoms. The molecule has 1 saturated carbocycles. The number of carbonyl (C=O) groups is 2. The van der Waals surface area contributed by atoms with E-state index in [0.29, 0.717) is 43.1 Å². The molecule has 0 radical (unpaired) electrons. The minimum Gasteiger partial charge on any atom is -0.480 e. The Balaban J connectivity index is 1.36. The lowest BCUT2D eigenvalue weighted by atomic mass is 9.81. The van der Waals surface area contributed by atoms with Gasteiger partial charge in [0.15, 0.2) is 0 Å². The molecule has 2 aromatic carbocycles. The van der Waals surface area contributed by atoms with Crippen LogP contribution in [-0.4, -0.2) is 32.6 Å². The van der Waals surface area contributed by atoms with E-state index < -0.39 is 17.7 Å². The summed E-state index contributed by atoms with van der Waals surface area (Å²) >= 11 is 0. The van der Waals surface area contributed by atoms with Gasteiger partial charge in [0.1, 0.15) is 6.04 Å². The first-order valence-corrected chi connectivity index (χ1v) is 11.2. The van der Waals surface area contributed by atoms with Crippen molar-refractivity contribution in [3.63, 3.8) is 0 Å². The molecule has 8 nitrogen and oxygen atoms in total. The number of carboxylic acids is 1. The Bertz CT molecular complexity index is 1260. The van der Waals surface area contributed by atoms with E-state index in [0.717, 1.165) is 5.56 Å². The second-order valence-electron chi connectivity index (χ2n) is 8.70. The summed E-state index contributed by atoms with van der Waals surface area (Å²) in [4.78, 5) is 52.3. The smallest absolute Gasteiger partial charge is 0.328 e. The van der Waals surface area contributed by atoms with Crippen LogP contribution in [0.2, 0.25) is 0 Å². The van der Waals surface area contributed by atoms with Crippen LogP contribution in [0.3, 0.4) is 0 Å². The van der Waals surface area contributed by atoms with Gasteiger partial charge in [-0.15, -0.1) is 0 Å². The zero-order valence-corrected chi connectivity index (χ0v) is 18.2. The number of carboxylic acid groups (broad SMARTS) is 1. The summed E-state index contributed by atoms with van der Waals surface area (Å²) in [6.45, 7) is 0.305. The van der Waals surface area contributed by atoms with Gasteiger partial charge in [-0.05, 0) is 49.3 Å². The number of hydrogen-bond donors (Lipinski definition) is 3. The van der Waals surface area contributed by atoms with E-state index in [1.54, 1.807) is 24.3 Å². The maximum Gasteiger partial charge on any atom is 0.328 e. The monoisotopic (exact) mass is 449 g/mol. The zero-order chi connectivity index (χ0) is 23.4. The molecular formula is C25H27N3O5. The summed E-state index contributed by atoms with van der Waals surface area (Å²) in [6.07, 6.45) is 2.79. The van der Waals surface area contributed by atoms with Crippen LogP contribution in [-0.2, 0) is 22.6 Å². The Morgan fingerprint density at radius 3 is 2.36 bits per heavy atom. The highest BCUT2D eigenvalue weighted by Gasteiger charge is 2.30. The largest absolute Gasteiger partial charge is 0.480 e. The molecule has 3 aromatic rings. The zero-order valence-electron chi connectivity index (χ0n) is 18.2. The molecule has 1 atom stereocenters. The fourth-order valence-electron chi connectivity index (χ4n) is 4.57. The summed E-state index contributed by atoms with van der Waals surface area (Å²) in [5.74, 6) is -1.48. The molecule has 172 valence electrons. The number of hydrogen-bond acceptors (Lipinski definition) is 4. The predicted octanol–water partition coefficient (Wildman–Crippen LogP) is 2.31. The van der Waals surface area contributed by atoms with Crippen molar-refractivity contribution in [3.05, 3.63) is 81.0 Å². The number of benzene rings is 2. The Kier molecular flexibility index (Phi) is 6.72. The molecule has 1 aliphatic rings. The van der Waals surface area contributed by atoms with Crippen molar-refractivity contribution in [1.82, 2.24) is 14.9 Å². The maximum absolute atomic E-state index is 12.8. The van der Waals surface area contributed by atoms with Gasteiger partial charge in [-0.25, -0.2) is 9.59 Å². The molecule has 0 unspecified atom stereocenters. The molecule has 4 rings (SSSR count). The number of carbonyl (C=O) groups excluding carboxylic acids is 1. The lowest BCUT2D eigenvalue weighted by Crippen LogP contribution is -2.46. The third-order valence-electron chi connectivity index (χ3n) is 6.44. The van der Waals surface area contributed by atoms with Crippen molar-refractivity contribution in [2.24, 2.45) is 11.8 Å². The van der Waals surface area contributed by atoms with Gasteiger partial charge < -0.3 is 15.4 Å². The Morgan fingerprint density at radius 1 is 1.00 bits per heavy atom. The van der Waals surface area contributed by atoms with Crippen LogP contribution in [0.5, 0.6) is 0 Å². The molecule has 8 heteroatoms. The topological polar surface area (TPSA) is 121 Å². The summed E-state index contributed by atoms with van der Waals surface area (Å²) < 4.78 is 1.24. The van der Waals surface area contributed by atoms with Gasteiger partial charge in [0.05, 0.1) is 10.9 Å². The summed E-state index contributed by atoms with van der Waals surface area (Å²) in [5, 5.41) is 12.7. The van der Waals surface area contributed by atoms with Gasteiger partial charge in [0.25, 0.3) is 5.56 Å². The third kappa shape index (κ3) is 5.22. The first kappa shape index (κ1) is 22.5. The van der Waals surface area contributed by atoms with Gasteiger partial charge in [0.2, 0.25) is 5.91 Å². The number of nitrogens with zero attached hydrogens (tertiary/aromatic N) is 1. The number of aromatic amines is 1. The van der Waals surface area contributed by atoms with Crippen molar-refractivity contribution in [2.45, 2.75) is 44.7 Å². The van der Waals surface area contributed by atoms with Gasteiger partial charge in [-0.2, -0.15) is 0 Å². The standard InChI is InChI=1S/C25H27N3O5/c29-22(26-21(24(31)32)14-16-6-2-1-3-7-16)18-12-10-17(11-13-18)15-28-23(30)19-8-4-5-9-20(19)27-25(28)33/h1-9,17-18,21H,10-15H2,(H,26,29)(H,27,33)(H,31,32)/t17?,18?,21-/m1/s1. The second-order valence-corrected chi connectivity index (χ2v) is 8.70. The number of aromatic nitrogens is 2. The Morgan fingerprint density at radius 2 is 1.67 bits per heavy atom. The number of amides is 1. The SMILES string of the molecule is O=C(N[C@H](Cc1ccccc1)C(=O)O)C1CCC(Cn2c(=O)[nH]c3ccccc3c2=O)CC1. The van der Waals surface area contributed by atoms with Crippen LogP contribution in [0.1, 0.15) is 31.2 Å². The lowest BCUT2D eigenvalue weighted by Gasteiger charge is -2.29. The molecule has 1 amide bonds. The van der Waals surface area contributed by atoms with E-state index in [2.05, 4.69) is 10.3 Å². The molecule has 1 aromatic heterocycles. The molecule has 0 bridgehead atoms. The van der Waals surface area contributed by atoms with E-state index in [9.17, 15) is 24.3 Å². The number of fused-ring (bicyclic) bond motifs is 1. The number of H-pyrrole nitrogens is 1. The minimum absolute atomic E-state index is 0.105. The van der Waals surface area contributed by atoms with Gasteiger partial charge in [0, 0.05) is 18.9 Å². The molecular weight excluding hydrogens is 422 g/mol. The average molecular weight is 450 g/mol. The average Bonchev–Trinajstić information content (AvgIpc) is 2.82. The van der Waals surface area contributed by atoms with E-state index in [-0.39, 0.29) is 29.7 Å². The highest BCUT2D eigenvalue weighted by atomic mass is 16.4. The van der Waals surface area contributed by atoms with Crippen LogP contribution in [0.15, 0.2) is 64.2 Å². The fraction of sp³-hybridized carbons (Fsp3) is 0.360. The molecule has 0 saturated heterocycles. The summed E-state index contributed by atoms with van der Waals surface area (Å²) in [7, 11) is 0. The molecule has 1 aliphatic carbocycles. The first-order chi connectivity index (χ1) is 15.9. The number of para-hydroxylation sites is 1. The van der Waals surface area contributed by atoms with Gasteiger partial charge in [-0.1, -0.05) is 42.5 Å². The summed E-state index contributed by atoms with van der Waals surface area (Å²) in [5.41, 5.74) is 0.635. The van der Waals surface area contributed by atoms with E-state index in [4.69, 9.17) is 0 Å². The normalized spacial score (nSPS) is 19.2. The quantitative estimate of drug-likeness (QED) is 0.511. The van der Waals surface area contributed by atoms with Crippen molar-refractivity contribution < 1.29 is 14.7 Å². The van der Waals surface area contributed by atoms with Crippen LogP contribution in [0.4, 0.5) is 0 Å². The van der Waals surface area contributed by atoms with E-state index in [1.807, 2.05) is 30.3 Å². The summed E-state index contributed by atoms with van der Waals surface area (Å²) in [6, 6.07) is 15.2. The molecule has 3 N–H and O–H groups in total. The van der Waals surface area contributed by atoms with Crippen LogP contribution in [0.25, 0.3) is 10.9 Å². The minimum atomic E-state index is -1.06. The van der Waals surface area contributed by atoms with Crippen molar-refractivity contribution >= 4 is 22.8 Å². The van der Waals surface area contributed by atoms with Crippen molar-refractivity contribution in [2.75, 3.05) is 0 Å². The number of nitrogens with one attached hydrogen (secondary N) is 2. The van der Waals surface area contributed by atoms with Crippen LogP contribution >= 0.6 is 0 Å². The van der Waals surface area contributed by atoms with E-state index in [1.165, 1.54) is 4.57 Å². The predicted molar refractivity (Wildman–Crippen MR) is 124 cm³/mol. The third-order valence-corrected chi connectivity index (χ3v) is 6.44. The number of rotatable bonds is 7. The highest BCUT2D eigenvalue weighted by molar-refractivity contribution is 5.85. The fourth-order valence-corrected chi connectivity index (χ4v) is 4.57. The first-order valence-electron chi connectivity index (χ1n) is 11.2. The van der Waals surface area contributed by atoms with Gasteiger partial charge >= 0.3 is 11.7 Å². The highest BCUT2D eigenvalue weighted by Crippen LogP contribution is 2.29. The maximum atomic E-state index is 12.8. The number of aliphatic carboxylic acids is 1. The Hall–Kier alpha value is -3.68. The molecule has 1 heterocycles. The molecule has 0 spiro atoms. The lowest BCUT2D eigenvalue weighted by molar-refractivity contribution is -0.142. The van der Waals surface area contributed by atoms with Crippen molar-refractivity contribution in [1.29, 1.82) is 0 Å². The van der Waals surface area contributed by atoms with Crippen molar-refractivity contribution in [3.8, 4) is 0 Å². The van der Waals surface area contributed by atoms with Gasteiger partial charge in [-0.3, -0.25) is 14.2 Å². The molecule has 0 aliphatic heterocycles. The second kappa shape index (κ2) is 9.85. The molecule has 1 fully saturated rings. The van der Waals surface area contributed by atoms with Crippen LogP contribution < -0.4 is 16.6 Å². The van der Waals surface area contributed by atoms with Crippen LogP contribution in [0, 0.1) is 11.8 Å². The van der Waals surface area contributed by atoms with E-state index >= 15 is 0 Å². The Labute approximate surface area is 190 Å².